The maximum atomic E-state index is 13.1. The van der Waals surface area contributed by atoms with Crippen molar-refractivity contribution in [2.24, 2.45) is 7.05 Å². The van der Waals surface area contributed by atoms with E-state index < -0.39 is 0 Å². The lowest BCUT2D eigenvalue weighted by Gasteiger charge is -2.07. The van der Waals surface area contributed by atoms with Crippen molar-refractivity contribution in [3.63, 3.8) is 0 Å². The second-order valence-corrected chi connectivity index (χ2v) is 4.87. The predicted molar refractivity (Wildman–Crippen MR) is 64.7 cm³/mol. The van der Waals surface area contributed by atoms with E-state index in [2.05, 4.69) is 29.8 Å². The third-order valence-electron chi connectivity index (χ3n) is 2.69. The monoisotopic (exact) mass is 269 g/mol. The molecule has 1 aromatic carbocycles. The van der Waals surface area contributed by atoms with Crippen LogP contribution in [0.25, 0.3) is 10.9 Å². The average Bonchev–Trinajstić information content (AvgIpc) is 2.39. The lowest BCUT2D eigenvalue weighted by atomic mass is 10.1. The summed E-state index contributed by atoms with van der Waals surface area (Å²) in [5.41, 5.74) is 2.14. The van der Waals surface area contributed by atoms with Crippen molar-refractivity contribution in [3.8, 4) is 0 Å². The molecule has 0 aliphatic heterocycles. The van der Waals surface area contributed by atoms with E-state index in [0.717, 1.165) is 15.4 Å². The smallest absolute Gasteiger partial charge is 0.125 e. The normalized spacial score (nSPS) is 11.6. The highest BCUT2D eigenvalue weighted by atomic mass is 79.9. The lowest BCUT2D eigenvalue weighted by molar-refractivity contribution is 0.628. The molecule has 0 saturated carbocycles. The van der Waals surface area contributed by atoms with Gasteiger partial charge in [0.1, 0.15) is 5.82 Å². The Kier molecular flexibility index (Phi) is 2.59. The molecule has 15 heavy (non-hydrogen) atoms. The molecule has 0 saturated heterocycles. The van der Waals surface area contributed by atoms with Crippen LogP contribution in [-0.4, -0.2) is 4.57 Å². The molecule has 0 radical (unpaired) electrons. The molecule has 0 fully saturated rings. The van der Waals surface area contributed by atoms with E-state index in [9.17, 15) is 4.39 Å². The number of halogens is 2. The molecular formula is C12H13BrFN. The quantitative estimate of drug-likeness (QED) is 0.731. The number of aryl methyl sites for hydroxylation is 1. The van der Waals surface area contributed by atoms with Crippen LogP contribution in [0.2, 0.25) is 0 Å². The molecule has 0 atom stereocenters. The van der Waals surface area contributed by atoms with Crippen LogP contribution in [-0.2, 0) is 7.05 Å². The number of rotatable bonds is 1. The Morgan fingerprint density at radius 2 is 2.00 bits per heavy atom. The third-order valence-corrected chi connectivity index (χ3v) is 3.52. The summed E-state index contributed by atoms with van der Waals surface area (Å²) in [6.07, 6.45) is 0. The van der Waals surface area contributed by atoms with Crippen molar-refractivity contribution in [2.75, 3.05) is 0 Å². The minimum atomic E-state index is -0.189. The van der Waals surface area contributed by atoms with Gasteiger partial charge < -0.3 is 4.57 Å². The first kappa shape index (κ1) is 10.7. The van der Waals surface area contributed by atoms with Crippen molar-refractivity contribution < 1.29 is 4.39 Å². The van der Waals surface area contributed by atoms with Gasteiger partial charge in [-0.2, -0.15) is 0 Å². The number of benzene rings is 1. The van der Waals surface area contributed by atoms with Gasteiger partial charge in [-0.1, -0.05) is 13.8 Å². The molecule has 0 aliphatic carbocycles. The molecule has 0 amide bonds. The van der Waals surface area contributed by atoms with E-state index in [0.29, 0.717) is 5.92 Å². The van der Waals surface area contributed by atoms with Crippen LogP contribution in [0.1, 0.15) is 25.5 Å². The number of aromatic nitrogens is 1. The topological polar surface area (TPSA) is 4.93 Å². The Hall–Kier alpha value is -0.830. The van der Waals surface area contributed by atoms with Crippen LogP contribution in [0.3, 0.4) is 0 Å². The highest BCUT2D eigenvalue weighted by Gasteiger charge is 2.15. The molecule has 0 N–H and O–H groups in total. The van der Waals surface area contributed by atoms with E-state index >= 15 is 0 Å². The first-order valence-corrected chi connectivity index (χ1v) is 5.75. The molecule has 2 rings (SSSR count). The highest BCUT2D eigenvalue weighted by molar-refractivity contribution is 9.10. The molecular weight excluding hydrogens is 257 g/mol. The van der Waals surface area contributed by atoms with Gasteiger partial charge in [0.05, 0.1) is 5.52 Å². The second kappa shape index (κ2) is 3.63. The van der Waals surface area contributed by atoms with Crippen LogP contribution >= 0.6 is 15.9 Å². The summed E-state index contributed by atoms with van der Waals surface area (Å²) >= 11 is 3.58. The van der Waals surface area contributed by atoms with Crippen LogP contribution in [0, 0.1) is 5.82 Å². The average molecular weight is 270 g/mol. The summed E-state index contributed by atoms with van der Waals surface area (Å²) in [5.74, 6) is 0.228. The fourth-order valence-electron chi connectivity index (χ4n) is 2.02. The standard InChI is InChI=1S/C12H13BrFN/c1-7(2)12-11(13)9-5-4-8(14)6-10(9)15(12)3/h4-7H,1-3H3. The fourth-order valence-corrected chi connectivity index (χ4v) is 3.08. The Labute approximate surface area is 97.0 Å². The minimum absolute atomic E-state index is 0.189. The maximum Gasteiger partial charge on any atom is 0.125 e. The fraction of sp³-hybridized carbons (Fsp3) is 0.333. The second-order valence-electron chi connectivity index (χ2n) is 4.07. The van der Waals surface area contributed by atoms with Gasteiger partial charge in [0, 0.05) is 22.6 Å². The third kappa shape index (κ3) is 1.59. The van der Waals surface area contributed by atoms with Crippen molar-refractivity contribution >= 4 is 26.8 Å². The van der Waals surface area contributed by atoms with Gasteiger partial charge >= 0.3 is 0 Å². The Bertz CT molecular complexity index is 514. The number of fused-ring (bicyclic) bond motifs is 1. The SMILES string of the molecule is CC(C)c1c(Br)c2ccc(F)cc2n1C. The summed E-state index contributed by atoms with van der Waals surface area (Å²) in [5, 5.41) is 1.07. The summed E-state index contributed by atoms with van der Waals surface area (Å²) in [7, 11) is 1.97. The molecule has 1 aromatic heterocycles. The van der Waals surface area contributed by atoms with E-state index in [-0.39, 0.29) is 5.82 Å². The van der Waals surface area contributed by atoms with Gasteiger partial charge in [0.25, 0.3) is 0 Å². The van der Waals surface area contributed by atoms with E-state index in [1.807, 2.05) is 17.7 Å². The zero-order chi connectivity index (χ0) is 11.2. The molecule has 0 unspecified atom stereocenters. The molecule has 80 valence electrons. The van der Waals surface area contributed by atoms with Gasteiger partial charge in [-0.25, -0.2) is 4.39 Å². The van der Waals surface area contributed by atoms with Crippen molar-refractivity contribution in [1.29, 1.82) is 0 Å². The Morgan fingerprint density at radius 1 is 1.33 bits per heavy atom. The molecule has 1 nitrogen and oxygen atoms in total. The summed E-state index contributed by atoms with van der Waals surface area (Å²) in [6.45, 7) is 4.27. The first-order valence-electron chi connectivity index (χ1n) is 4.95. The van der Waals surface area contributed by atoms with Crippen LogP contribution < -0.4 is 0 Å². The van der Waals surface area contributed by atoms with Crippen LogP contribution in [0.5, 0.6) is 0 Å². The highest BCUT2D eigenvalue weighted by Crippen LogP contribution is 2.34. The van der Waals surface area contributed by atoms with Crippen molar-refractivity contribution in [1.82, 2.24) is 4.57 Å². The van der Waals surface area contributed by atoms with Gasteiger partial charge in [-0.15, -0.1) is 0 Å². The largest absolute Gasteiger partial charge is 0.346 e. The lowest BCUT2D eigenvalue weighted by Crippen LogP contribution is -1.98. The van der Waals surface area contributed by atoms with Gasteiger partial charge in [0.15, 0.2) is 0 Å². The van der Waals surface area contributed by atoms with Gasteiger partial charge in [-0.3, -0.25) is 0 Å². The maximum absolute atomic E-state index is 13.1. The summed E-state index contributed by atoms with van der Waals surface area (Å²) in [6, 6.07) is 4.89. The summed E-state index contributed by atoms with van der Waals surface area (Å²) < 4.78 is 16.3. The Balaban J connectivity index is 2.85. The molecule has 0 aliphatic rings. The first-order chi connectivity index (χ1) is 7.02. The molecule has 1 heterocycles. The van der Waals surface area contributed by atoms with E-state index in [1.54, 1.807) is 6.07 Å². The minimum Gasteiger partial charge on any atom is -0.346 e. The Morgan fingerprint density at radius 3 is 2.60 bits per heavy atom. The predicted octanol–water partition coefficient (Wildman–Crippen LogP) is 4.20. The number of hydrogen-bond donors (Lipinski definition) is 0. The summed E-state index contributed by atoms with van der Waals surface area (Å²) in [4.78, 5) is 0. The van der Waals surface area contributed by atoms with Crippen LogP contribution in [0.15, 0.2) is 22.7 Å². The molecule has 0 spiro atoms. The molecule has 3 heteroatoms. The van der Waals surface area contributed by atoms with Gasteiger partial charge in [-0.05, 0) is 40.0 Å². The van der Waals surface area contributed by atoms with Crippen molar-refractivity contribution in [3.05, 3.63) is 34.2 Å². The van der Waals surface area contributed by atoms with E-state index in [1.165, 1.54) is 11.8 Å². The molecule has 0 bridgehead atoms. The number of nitrogens with zero attached hydrogens (tertiary/aromatic N) is 1. The van der Waals surface area contributed by atoms with Gasteiger partial charge in [0.2, 0.25) is 0 Å². The van der Waals surface area contributed by atoms with Crippen LogP contribution in [0.4, 0.5) is 4.39 Å². The number of hydrogen-bond acceptors (Lipinski definition) is 0. The van der Waals surface area contributed by atoms with Crippen molar-refractivity contribution in [2.45, 2.75) is 19.8 Å². The van der Waals surface area contributed by atoms with E-state index in [4.69, 9.17) is 0 Å². The zero-order valence-corrected chi connectivity index (χ0v) is 10.6. The zero-order valence-electron chi connectivity index (χ0n) is 9.01. The molecule has 2 aromatic rings.